The molecule has 2 N–H and O–H groups in total. The standard InChI is InChI=1S/C22H27N3O/c1-17-7-5-6-10-19(17)15-22(26)25-21-12-11-20(16-24-21)23-14-13-18-8-3-2-4-9-18/h5-8,10-12,16,23H,2-4,9,13-15H2,1H3,(H,24,25,26). The predicted molar refractivity (Wildman–Crippen MR) is 107 cm³/mol. The van der Waals surface area contributed by atoms with Crippen LogP contribution < -0.4 is 10.6 Å². The molecule has 26 heavy (non-hydrogen) atoms. The minimum atomic E-state index is -0.0447. The minimum Gasteiger partial charge on any atom is -0.383 e. The van der Waals surface area contributed by atoms with Gasteiger partial charge in [-0.25, -0.2) is 4.98 Å². The van der Waals surface area contributed by atoms with Gasteiger partial charge in [0.25, 0.3) is 0 Å². The van der Waals surface area contributed by atoms with Crippen molar-refractivity contribution in [3.05, 3.63) is 65.4 Å². The van der Waals surface area contributed by atoms with Crippen molar-refractivity contribution >= 4 is 17.4 Å². The summed E-state index contributed by atoms with van der Waals surface area (Å²) in [6.45, 7) is 2.94. The van der Waals surface area contributed by atoms with Gasteiger partial charge in [0.05, 0.1) is 18.3 Å². The van der Waals surface area contributed by atoms with Gasteiger partial charge in [-0.3, -0.25) is 4.79 Å². The molecule has 0 atom stereocenters. The van der Waals surface area contributed by atoms with Crippen molar-refractivity contribution in [2.24, 2.45) is 0 Å². The highest BCUT2D eigenvalue weighted by Crippen LogP contribution is 2.20. The molecular formula is C22H27N3O. The first kappa shape index (κ1) is 18.2. The molecule has 1 aliphatic carbocycles. The van der Waals surface area contributed by atoms with Crippen molar-refractivity contribution in [2.45, 2.75) is 45.4 Å². The van der Waals surface area contributed by atoms with E-state index in [2.05, 4.69) is 21.7 Å². The molecule has 1 aromatic heterocycles. The van der Waals surface area contributed by atoms with E-state index in [0.717, 1.165) is 29.8 Å². The number of aromatic nitrogens is 1. The monoisotopic (exact) mass is 349 g/mol. The maximum absolute atomic E-state index is 12.2. The third-order valence-electron chi connectivity index (χ3n) is 4.80. The third-order valence-corrected chi connectivity index (χ3v) is 4.80. The van der Waals surface area contributed by atoms with Gasteiger partial charge in [-0.05, 0) is 62.3 Å². The minimum absolute atomic E-state index is 0.0447. The smallest absolute Gasteiger partial charge is 0.229 e. The maximum atomic E-state index is 12.2. The molecule has 3 rings (SSSR count). The molecule has 4 heteroatoms. The number of rotatable bonds is 7. The average molecular weight is 349 g/mol. The summed E-state index contributed by atoms with van der Waals surface area (Å²) in [7, 11) is 0. The Balaban J connectivity index is 1.45. The molecule has 1 heterocycles. The molecule has 1 aromatic carbocycles. The Labute approximate surface area is 155 Å². The van der Waals surface area contributed by atoms with Crippen LogP contribution in [-0.2, 0) is 11.2 Å². The Kier molecular flexibility index (Phi) is 6.42. The van der Waals surface area contributed by atoms with Crippen molar-refractivity contribution in [3.63, 3.8) is 0 Å². The molecule has 0 unspecified atom stereocenters. The summed E-state index contributed by atoms with van der Waals surface area (Å²) in [4.78, 5) is 16.5. The van der Waals surface area contributed by atoms with E-state index in [1.54, 1.807) is 11.8 Å². The van der Waals surface area contributed by atoms with E-state index in [1.165, 1.54) is 25.7 Å². The lowest BCUT2D eigenvalue weighted by atomic mass is 9.97. The second-order valence-corrected chi connectivity index (χ2v) is 6.87. The summed E-state index contributed by atoms with van der Waals surface area (Å²) >= 11 is 0. The number of nitrogens with one attached hydrogen (secondary N) is 2. The summed E-state index contributed by atoms with van der Waals surface area (Å²) in [5, 5.41) is 6.27. The van der Waals surface area contributed by atoms with Crippen LogP contribution in [0, 0.1) is 6.92 Å². The zero-order chi connectivity index (χ0) is 18.2. The zero-order valence-electron chi connectivity index (χ0n) is 15.4. The van der Waals surface area contributed by atoms with E-state index in [-0.39, 0.29) is 5.91 Å². The van der Waals surface area contributed by atoms with Gasteiger partial charge in [-0.2, -0.15) is 0 Å². The summed E-state index contributed by atoms with van der Waals surface area (Å²) in [6.07, 6.45) is 10.7. The third kappa shape index (κ3) is 5.45. The number of hydrogen-bond acceptors (Lipinski definition) is 3. The molecule has 2 aromatic rings. The quantitative estimate of drug-likeness (QED) is 0.701. The van der Waals surface area contributed by atoms with Crippen molar-refractivity contribution in [3.8, 4) is 0 Å². The van der Waals surface area contributed by atoms with Crippen molar-refractivity contribution in [1.82, 2.24) is 4.98 Å². The number of anilines is 2. The Hall–Kier alpha value is -2.62. The lowest BCUT2D eigenvalue weighted by molar-refractivity contribution is -0.115. The number of pyridine rings is 1. The second-order valence-electron chi connectivity index (χ2n) is 6.87. The van der Waals surface area contributed by atoms with Crippen LogP contribution in [0.1, 0.15) is 43.2 Å². The Morgan fingerprint density at radius 3 is 2.77 bits per heavy atom. The molecule has 0 saturated heterocycles. The van der Waals surface area contributed by atoms with Crippen LogP contribution in [0.25, 0.3) is 0 Å². The molecule has 0 aliphatic heterocycles. The highest BCUT2D eigenvalue weighted by atomic mass is 16.1. The van der Waals surface area contributed by atoms with Crippen LogP contribution in [0.2, 0.25) is 0 Å². The van der Waals surface area contributed by atoms with Crippen molar-refractivity contribution in [1.29, 1.82) is 0 Å². The second kappa shape index (κ2) is 9.18. The number of amides is 1. The van der Waals surface area contributed by atoms with Gasteiger partial charge in [0.2, 0.25) is 5.91 Å². The predicted octanol–water partition coefficient (Wildman–Crippen LogP) is 4.87. The summed E-state index contributed by atoms with van der Waals surface area (Å²) in [5.41, 5.74) is 4.72. The Morgan fingerprint density at radius 1 is 1.15 bits per heavy atom. The van der Waals surface area contributed by atoms with E-state index in [9.17, 15) is 4.79 Å². The molecule has 136 valence electrons. The van der Waals surface area contributed by atoms with Gasteiger partial charge in [0, 0.05) is 6.54 Å². The molecule has 1 aliphatic rings. The van der Waals surface area contributed by atoms with E-state index in [4.69, 9.17) is 0 Å². The van der Waals surface area contributed by atoms with Crippen molar-refractivity contribution < 1.29 is 4.79 Å². The molecule has 4 nitrogen and oxygen atoms in total. The number of allylic oxidation sites excluding steroid dienone is 1. The first-order valence-corrected chi connectivity index (χ1v) is 9.43. The topological polar surface area (TPSA) is 54.0 Å². The number of benzene rings is 1. The van der Waals surface area contributed by atoms with E-state index in [1.807, 2.05) is 43.3 Å². The average Bonchev–Trinajstić information content (AvgIpc) is 2.66. The molecule has 0 radical (unpaired) electrons. The number of nitrogens with zero attached hydrogens (tertiary/aromatic N) is 1. The first-order chi connectivity index (χ1) is 12.7. The van der Waals surface area contributed by atoms with Gasteiger partial charge in [-0.15, -0.1) is 0 Å². The fourth-order valence-electron chi connectivity index (χ4n) is 3.24. The highest BCUT2D eigenvalue weighted by Gasteiger charge is 2.07. The fraction of sp³-hybridized carbons (Fsp3) is 0.364. The van der Waals surface area contributed by atoms with Gasteiger partial charge >= 0.3 is 0 Å². The zero-order valence-corrected chi connectivity index (χ0v) is 15.4. The lowest BCUT2D eigenvalue weighted by Crippen LogP contribution is -2.16. The highest BCUT2D eigenvalue weighted by molar-refractivity contribution is 5.91. The molecule has 0 spiro atoms. The fourth-order valence-corrected chi connectivity index (χ4v) is 3.24. The number of hydrogen-bond donors (Lipinski definition) is 2. The molecule has 0 fully saturated rings. The largest absolute Gasteiger partial charge is 0.383 e. The number of carbonyl (C=O) groups is 1. The van der Waals surface area contributed by atoms with Crippen LogP contribution >= 0.6 is 0 Å². The Morgan fingerprint density at radius 2 is 2.04 bits per heavy atom. The molecule has 0 saturated carbocycles. The summed E-state index contributed by atoms with van der Waals surface area (Å²) in [6, 6.07) is 11.7. The van der Waals surface area contributed by atoms with Crippen LogP contribution in [0.15, 0.2) is 54.2 Å². The molecule has 1 amide bonds. The number of aryl methyl sites for hydroxylation is 1. The van der Waals surface area contributed by atoms with Crippen LogP contribution in [0.4, 0.5) is 11.5 Å². The summed E-state index contributed by atoms with van der Waals surface area (Å²) in [5.74, 6) is 0.542. The summed E-state index contributed by atoms with van der Waals surface area (Å²) < 4.78 is 0. The number of carbonyl (C=O) groups excluding carboxylic acids is 1. The van der Waals surface area contributed by atoms with E-state index in [0.29, 0.717) is 12.2 Å². The Bertz CT molecular complexity index is 765. The first-order valence-electron chi connectivity index (χ1n) is 9.43. The van der Waals surface area contributed by atoms with Crippen LogP contribution in [-0.4, -0.2) is 17.4 Å². The van der Waals surface area contributed by atoms with Crippen LogP contribution in [0.5, 0.6) is 0 Å². The normalized spacial score (nSPS) is 13.8. The maximum Gasteiger partial charge on any atom is 0.229 e. The van der Waals surface area contributed by atoms with Crippen LogP contribution in [0.3, 0.4) is 0 Å². The van der Waals surface area contributed by atoms with Gasteiger partial charge < -0.3 is 10.6 Å². The van der Waals surface area contributed by atoms with Gasteiger partial charge in [-0.1, -0.05) is 35.9 Å². The lowest BCUT2D eigenvalue weighted by Gasteiger charge is -2.13. The van der Waals surface area contributed by atoms with Gasteiger partial charge in [0.1, 0.15) is 5.82 Å². The van der Waals surface area contributed by atoms with Gasteiger partial charge in [0.15, 0.2) is 0 Å². The van der Waals surface area contributed by atoms with E-state index < -0.39 is 0 Å². The SMILES string of the molecule is Cc1ccccc1CC(=O)Nc1ccc(NCCC2=CCCCC2)cn1. The van der Waals surface area contributed by atoms with Crippen molar-refractivity contribution in [2.75, 3.05) is 17.2 Å². The molecular weight excluding hydrogens is 322 g/mol. The molecule has 0 bridgehead atoms. The van der Waals surface area contributed by atoms with E-state index >= 15 is 0 Å².